The average molecular weight is 335 g/mol. The summed E-state index contributed by atoms with van der Waals surface area (Å²) in [4.78, 5) is 0. The number of aliphatic hydroxyl groups is 3. The van der Waals surface area contributed by atoms with Crippen LogP contribution in [-0.2, 0) is 9.47 Å². The maximum atomic E-state index is 9.71. The van der Waals surface area contributed by atoms with E-state index < -0.39 is 50.0 Å². The van der Waals surface area contributed by atoms with Crippen LogP contribution < -0.4 is 21.6 Å². The summed E-state index contributed by atoms with van der Waals surface area (Å²) >= 11 is -1.26. The zero-order chi connectivity index (χ0) is 11.4. The molecule has 0 radical (unpaired) electrons. The summed E-state index contributed by atoms with van der Waals surface area (Å²) in [5, 5.41) is 28.2. The predicted octanol–water partition coefficient (Wildman–Crippen LogP) is -5.52. The molecule has 1 aliphatic rings. The number of hydrogen-bond donors (Lipinski definition) is 4. The number of halogens is 1. The first-order valence-electron chi connectivity index (χ1n) is 4.54. The average Bonchev–Trinajstić information content (AvgIpc) is 2.24. The van der Waals surface area contributed by atoms with Gasteiger partial charge in [-0.3, -0.25) is 0 Å². The predicted molar refractivity (Wildman–Crippen MR) is 45.6 cm³/mol. The topological polar surface area (TPSA) is 99.4 Å². The van der Waals surface area contributed by atoms with E-state index in [4.69, 9.17) is 14.6 Å². The van der Waals surface area contributed by atoms with Crippen LogP contribution in [-0.4, -0.2) is 67.4 Å². The molecule has 0 aromatic carbocycles. The molecule has 15 heavy (non-hydrogen) atoms. The molecule has 6 nitrogen and oxygen atoms in total. The van der Waals surface area contributed by atoms with Crippen LogP contribution in [0, 0.1) is 0 Å². The van der Waals surface area contributed by atoms with E-state index in [1.165, 1.54) is 7.11 Å². The number of alkyl halides is 1. The van der Waals surface area contributed by atoms with Gasteiger partial charge in [-0.25, -0.2) is 0 Å². The van der Waals surface area contributed by atoms with E-state index >= 15 is 0 Å². The first-order chi connectivity index (χ1) is 7.15. The van der Waals surface area contributed by atoms with E-state index in [0.717, 1.165) is 0 Å². The Labute approximate surface area is 98.6 Å². The van der Waals surface area contributed by atoms with Crippen molar-refractivity contribution in [3.05, 3.63) is 0 Å². The van der Waals surface area contributed by atoms with Gasteiger partial charge in [0.2, 0.25) is 0 Å². The van der Waals surface area contributed by atoms with Gasteiger partial charge in [-0.2, -0.15) is 0 Å². The first-order valence-corrected chi connectivity index (χ1v) is 6.75. The van der Waals surface area contributed by atoms with E-state index in [1.54, 1.807) is 0 Å². The van der Waals surface area contributed by atoms with Gasteiger partial charge in [0, 0.05) is 0 Å². The van der Waals surface area contributed by atoms with Gasteiger partial charge in [-0.15, -0.1) is 0 Å². The minimum atomic E-state index is -1.26. The molecule has 3 unspecified atom stereocenters. The van der Waals surface area contributed by atoms with E-state index in [2.05, 4.69) is 0 Å². The number of rotatable bonds is 4. The summed E-state index contributed by atoms with van der Waals surface area (Å²) in [6.45, 7) is -0.139. The van der Waals surface area contributed by atoms with E-state index in [9.17, 15) is 13.6 Å². The first kappa shape index (κ1) is 13.6. The van der Waals surface area contributed by atoms with Crippen LogP contribution in [0.25, 0.3) is 0 Å². The second kappa shape index (κ2) is 6.28. The monoisotopic (exact) mass is 335 g/mol. The molecular weight excluding hydrogens is 319 g/mol. The molecule has 5 atom stereocenters. The van der Waals surface area contributed by atoms with Crippen LogP contribution >= 0.6 is 0 Å². The van der Waals surface area contributed by atoms with Crippen LogP contribution in [0.15, 0.2) is 0 Å². The summed E-state index contributed by atoms with van der Waals surface area (Å²) in [5.74, 6) is 0. The molecule has 7 heteroatoms. The fraction of sp³-hybridized carbons (Fsp3) is 1.00. The van der Waals surface area contributed by atoms with Crippen LogP contribution in [0.1, 0.15) is 0 Å². The van der Waals surface area contributed by atoms with Gasteiger partial charge >= 0.3 is 98.5 Å². The third kappa shape index (κ3) is 2.99. The zero-order valence-electron chi connectivity index (χ0n) is 8.28. The fourth-order valence-corrected chi connectivity index (χ4v) is 3.07. The Kier molecular flexibility index (Phi) is 5.68. The molecular formula is C8H16IO6-. The van der Waals surface area contributed by atoms with Gasteiger partial charge in [0.05, 0.1) is 0 Å². The standard InChI is InChI=1S/C8H16IO6/c1-14-3-5-6(9-13)8(12)7(11)4(2-10)15-5/h4-8,10-13H,2-3H2,1H3/q-1/t4?,5-,6?,7-,8?/m1/s1. The fourth-order valence-electron chi connectivity index (χ4n) is 1.58. The number of ether oxygens (including phenoxy) is 2. The van der Waals surface area contributed by atoms with Crippen LogP contribution in [0.5, 0.6) is 0 Å². The molecule has 1 saturated heterocycles. The van der Waals surface area contributed by atoms with Gasteiger partial charge in [0.25, 0.3) is 0 Å². The molecule has 92 valence electrons. The quantitative estimate of drug-likeness (QED) is 0.302. The summed E-state index contributed by atoms with van der Waals surface area (Å²) in [6.07, 6.45) is -3.50. The van der Waals surface area contributed by atoms with Crippen molar-refractivity contribution in [2.24, 2.45) is 0 Å². The zero-order valence-corrected chi connectivity index (χ0v) is 10.4. The Balaban J connectivity index is 2.70. The molecule has 1 rings (SSSR count). The van der Waals surface area contributed by atoms with Crippen molar-refractivity contribution in [3.63, 3.8) is 0 Å². The molecule has 0 saturated carbocycles. The SMILES string of the molecule is COC[C@H]1OC(CO)[C@@H](O)C(O)C1[I-]O. The third-order valence-corrected chi connectivity index (χ3v) is 4.57. The molecule has 0 spiro atoms. The second-order valence-electron chi connectivity index (χ2n) is 3.37. The van der Waals surface area contributed by atoms with Crippen LogP contribution in [0.4, 0.5) is 0 Å². The molecule has 1 fully saturated rings. The Morgan fingerprint density at radius 3 is 2.40 bits per heavy atom. The van der Waals surface area contributed by atoms with Crippen molar-refractivity contribution in [2.75, 3.05) is 20.3 Å². The van der Waals surface area contributed by atoms with Crippen molar-refractivity contribution < 1.29 is 49.8 Å². The molecule has 0 bridgehead atoms. The van der Waals surface area contributed by atoms with Gasteiger partial charge in [-0.05, 0) is 0 Å². The summed E-state index contributed by atoms with van der Waals surface area (Å²) in [7, 11) is 1.49. The van der Waals surface area contributed by atoms with E-state index in [1.807, 2.05) is 0 Å². The second-order valence-corrected chi connectivity index (χ2v) is 5.37. The molecule has 1 heterocycles. The Morgan fingerprint density at radius 1 is 1.27 bits per heavy atom. The number of methoxy groups -OCH3 is 1. The van der Waals surface area contributed by atoms with Crippen LogP contribution in [0.3, 0.4) is 0 Å². The van der Waals surface area contributed by atoms with Crippen molar-refractivity contribution in [1.82, 2.24) is 0 Å². The maximum absolute atomic E-state index is 9.71. The van der Waals surface area contributed by atoms with Gasteiger partial charge in [0.15, 0.2) is 0 Å². The molecule has 0 aromatic rings. The molecule has 0 amide bonds. The Hall–Kier alpha value is 0.490. The third-order valence-electron chi connectivity index (χ3n) is 2.39. The summed E-state index contributed by atoms with van der Waals surface area (Å²) in [5.41, 5.74) is 0. The van der Waals surface area contributed by atoms with E-state index in [0.29, 0.717) is 0 Å². The summed E-state index contributed by atoms with van der Waals surface area (Å²) < 4.78 is 18.9. The van der Waals surface area contributed by atoms with Crippen LogP contribution in [0.2, 0.25) is 0 Å². The Bertz CT molecular complexity index is 192. The normalized spacial score (nSPS) is 42.1. The van der Waals surface area contributed by atoms with Crippen molar-refractivity contribution in [3.8, 4) is 0 Å². The van der Waals surface area contributed by atoms with Gasteiger partial charge in [0.1, 0.15) is 0 Å². The number of aliphatic hydroxyl groups excluding tert-OH is 3. The van der Waals surface area contributed by atoms with Crippen molar-refractivity contribution in [2.45, 2.75) is 28.3 Å². The summed E-state index contributed by atoms with van der Waals surface area (Å²) in [6, 6.07) is 0. The van der Waals surface area contributed by atoms with Crippen molar-refractivity contribution >= 4 is 0 Å². The minimum absolute atomic E-state index is 0.227. The molecule has 4 N–H and O–H groups in total. The van der Waals surface area contributed by atoms with E-state index in [-0.39, 0.29) is 13.2 Å². The molecule has 0 aliphatic carbocycles. The molecule has 0 aromatic heterocycles. The van der Waals surface area contributed by atoms with Crippen molar-refractivity contribution in [1.29, 1.82) is 0 Å². The van der Waals surface area contributed by atoms with Gasteiger partial charge in [-0.1, -0.05) is 0 Å². The number of hydrogen-bond acceptors (Lipinski definition) is 6. The van der Waals surface area contributed by atoms with Gasteiger partial charge < -0.3 is 0 Å². The molecule has 1 aliphatic heterocycles. The Morgan fingerprint density at radius 2 is 1.93 bits per heavy atom.